The van der Waals surface area contributed by atoms with Crippen LogP contribution in [0.3, 0.4) is 0 Å². The summed E-state index contributed by atoms with van der Waals surface area (Å²) in [7, 11) is 6.94. The zero-order valence-corrected chi connectivity index (χ0v) is 13.1. The lowest BCUT2D eigenvalue weighted by molar-refractivity contribution is 0.159. The van der Waals surface area contributed by atoms with Crippen LogP contribution in [0.1, 0.15) is 5.56 Å². The van der Waals surface area contributed by atoms with Gasteiger partial charge in [0.1, 0.15) is 0 Å². The molecule has 1 saturated heterocycles. The highest BCUT2D eigenvalue weighted by atomic mass is 16.5. The molecule has 21 heavy (non-hydrogen) atoms. The van der Waals surface area contributed by atoms with Gasteiger partial charge in [-0.15, -0.1) is 0 Å². The lowest BCUT2D eigenvalue weighted by atomic mass is 10.2. The molecular weight excluding hydrogens is 270 g/mol. The zero-order chi connectivity index (χ0) is 15.2. The van der Waals surface area contributed by atoms with Gasteiger partial charge >= 0.3 is 0 Å². The summed E-state index contributed by atoms with van der Waals surface area (Å²) in [6, 6.07) is 3.77. The van der Waals surface area contributed by atoms with Crippen molar-refractivity contribution < 1.29 is 14.2 Å². The van der Waals surface area contributed by atoms with E-state index in [-0.39, 0.29) is 0 Å². The number of rotatable bonds is 5. The van der Waals surface area contributed by atoms with Crippen LogP contribution in [0.15, 0.2) is 17.2 Å². The first-order valence-electron chi connectivity index (χ1n) is 6.96. The van der Waals surface area contributed by atoms with Crippen molar-refractivity contribution in [3.63, 3.8) is 0 Å². The van der Waals surface area contributed by atoms with Crippen molar-refractivity contribution in [3.8, 4) is 17.2 Å². The third kappa shape index (κ3) is 3.58. The summed E-state index contributed by atoms with van der Waals surface area (Å²) < 4.78 is 16.1. The molecule has 0 radical (unpaired) electrons. The minimum absolute atomic E-state index is 0.585. The molecule has 1 aliphatic heterocycles. The van der Waals surface area contributed by atoms with Gasteiger partial charge in [0.05, 0.1) is 27.5 Å². The van der Waals surface area contributed by atoms with Crippen LogP contribution in [0.2, 0.25) is 0 Å². The van der Waals surface area contributed by atoms with E-state index in [2.05, 4.69) is 22.1 Å². The second-order valence-corrected chi connectivity index (χ2v) is 4.93. The second-order valence-electron chi connectivity index (χ2n) is 4.93. The van der Waals surface area contributed by atoms with Crippen LogP contribution in [0.4, 0.5) is 0 Å². The normalized spacial score (nSPS) is 16.3. The van der Waals surface area contributed by atoms with E-state index in [1.54, 1.807) is 21.3 Å². The van der Waals surface area contributed by atoms with Crippen molar-refractivity contribution in [2.24, 2.45) is 5.10 Å². The molecule has 6 nitrogen and oxygen atoms in total. The number of benzene rings is 1. The first-order chi connectivity index (χ1) is 10.2. The fourth-order valence-corrected chi connectivity index (χ4v) is 2.28. The van der Waals surface area contributed by atoms with Crippen molar-refractivity contribution in [1.82, 2.24) is 9.91 Å². The second kappa shape index (κ2) is 7.17. The van der Waals surface area contributed by atoms with Gasteiger partial charge in [-0.25, -0.2) is 0 Å². The Morgan fingerprint density at radius 2 is 1.62 bits per heavy atom. The Balaban J connectivity index is 2.19. The monoisotopic (exact) mass is 293 g/mol. The summed E-state index contributed by atoms with van der Waals surface area (Å²) in [6.07, 6.45) is 1.81. The molecule has 0 spiro atoms. The Labute approximate surface area is 125 Å². The van der Waals surface area contributed by atoms with Gasteiger partial charge in [0.2, 0.25) is 5.75 Å². The minimum Gasteiger partial charge on any atom is -0.493 e. The molecule has 6 heteroatoms. The average Bonchev–Trinajstić information content (AvgIpc) is 2.53. The molecule has 2 rings (SSSR count). The average molecular weight is 293 g/mol. The van der Waals surface area contributed by atoms with E-state index in [0.717, 1.165) is 31.7 Å². The lowest BCUT2D eigenvalue weighted by Gasteiger charge is -2.30. The maximum absolute atomic E-state index is 5.44. The van der Waals surface area contributed by atoms with Crippen LogP contribution < -0.4 is 14.2 Å². The number of likely N-dealkylation sites (N-methyl/N-ethyl adjacent to an activating group) is 1. The van der Waals surface area contributed by atoms with Crippen molar-refractivity contribution in [2.45, 2.75) is 0 Å². The van der Waals surface area contributed by atoms with Gasteiger partial charge in [0, 0.05) is 31.7 Å². The molecule has 116 valence electrons. The van der Waals surface area contributed by atoms with Crippen LogP contribution >= 0.6 is 0 Å². The van der Waals surface area contributed by atoms with E-state index < -0.39 is 0 Å². The molecule has 0 aromatic heterocycles. The number of nitrogens with zero attached hydrogens (tertiary/aromatic N) is 3. The molecule has 1 aromatic carbocycles. The first-order valence-corrected chi connectivity index (χ1v) is 6.96. The number of piperazine rings is 1. The first kappa shape index (κ1) is 15.4. The van der Waals surface area contributed by atoms with Crippen molar-refractivity contribution in [1.29, 1.82) is 0 Å². The molecular formula is C15H23N3O3. The molecule has 0 unspecified atom stereocenters. The zero-order valence-electron chi connectivity index (χ0n) is 13.1. The van der Waals surface area contributed by atoms with Gasteiger partial charge in [0.15, 0.2) is 11.5 Å². The smallest absolute Gasteiger partial charge is 0.203 e. The Morgan fingerprint density at radius 1 is 0.952 bits per heavy atom. The third-order valence-corrected chi connectivity index (χ3v) is 3.57. The highest BCUT2D eigenvalue weighted by Gasteiger charge is 2.15. The summed E-state index contributed by atoms with van der Waals surface area (Å²) >= 11 is 0. The van der Waals surface area contributed by atoms with Crippen LogP contribution in [-0.4, -0.2) is 70.7 Å². The quantitative estimate of drug-likeness (QED) is 0.766. The highest BCUT2D eigenvalue weighted by molar-refractivity contribution is 5.86. The molecule has 1 fully saturated rings. The molecule has 0 N–H and O–H groups in total. The molecule has 0 aliphatic carbocycles. The van der Waals surface area contributed by atoms with Crippen molar-refractivity contribution in [3.05, 3.63) is 17.7 Å². The summed E-state index contributed by atoms with van der Waals surface area (Å²) in [6.45, 7) is 3.92. The Hall–Kier alpha value is -1.95. The van der Waals surface area contributed by atoms with Crippen molar-refractivity contribution >= 4 is 6.21 Å². The summed E-state index contributed by atoms with van der Waals surface area (Å²) in [5.41, 5.74) is 0.870. The minimum atomic E-state index is 0.585. The summed E-state index contributed by atoms with van der Waals surface area (Å²) in [4.78, 5) is 2.29. The fourth-order valence-electron chi connectivity index (χ4n) is 2.28. The van der Waals surface area contributed by atoms with E-state index in [0.29, 0.717) is 17.2 Å². The summed E-state index contributed by atoms with van der Waals surface area (Å²) in [5, 5.41) is 6.60. The fraction of sp³-hybridized carbons (Fsp3) is 0.533. The van der Waals surface area contributed by atoms with Gasteiger partial charge in [-0.05, 0) is 19.2 Å². The van der Waals surface area contributed by atoms with Crippen LogP contribution in [0.5, 0.6) is 17.2 Å². The molecule has 0 amide bonds. The Kier molecular flexibility index (Phi) is 5.27. The molecule has 1 aromatic rings. The topological polar surface area (TPSA) is 46.5 Å². The largest absolute Gasteiger partial charge is 0.493 e. The number of hydrogen-bond acceptors (Lipinski definition) is 6. The standard InChI is InChI=1S/C15H23N3O3/c1-17-7-9-18(10-8-17)16-11-12-5-6-13(19-2)15(21-4)14(12)20-3/h5-6,11H,7-10H2,1-4H3. The third-order valence-electron chi connectivity index (χ3n) is 3.57. The number of hydrogen-bond donors (Lipinski definition) is 0. The SMILES string of the molecule is COc1ccc(C=NN2CCN(C)CC2)c(OC)c1OC. The molecule has 1 aliphatic rings. The van der Waals surface area contributed by atoms with Gasteiger partial charge in [-0.3, -0.25) is 5.01 Å². The molecule has 0 atom stereocenters. The predicted octanol–water partition coefficient (Wildman–Crippen LogP) is 1.29. The molecule has 0 bridgehead atoms. The van der Waals surface area contributed by atoms with Gasteiger partial charge in [0.25, 0.3) is 0 Å². The lowest BCUT2D eigenvalue weighted by Crippen LogP contribution is -2.41. The van der Waals surface area contributed by atoms with Gasteiger partial charge in [-0.2, -0.15) is 5.10 Å². The maximum Gasteiger partial charge on any atom is 0.203 e. The van der Waals surface area contributed by atoms with Crippen LogP contribution in [-0.2, 0) is 0 Å². The van der Waals surface area contributed by atoms with Gasteiger partial charge < -0.3 is 19.1 Å². The number of ether oxygens (including phenoxy) is 3. The van der Waals surface area contributed by atoms with E-state index in [4.69, 9.17) is 14.2 Å². The van der Waals surface area contributed by atoms with Crippen LogP contribution in [0.25, 0.3) is 0 Å². The Bertz CT molecular complexity index is 497. The van der Waals surface area contributed by atoms with E-state index in [9.17, 15) is 0 Å². The van der Waals surface area contributed by atoms with Crippen molar-refractivity contribution in [2.75, 3.05) is 54.6 Å². The molecule has 0 saturated carbocycles. The van der Waals surface area contributed by atoms with Crippen LogP contribution in [0, 0.1) is 0 Å². The highest BCUT2D eigenvalue weighted by Crippen LogP contribution is 2.38. The van der Waals surface area contributed by atoms with E-state index in [1.807, 2.05) is 18.3 Å². The predicted molar refractivity (Wildman–Crippen MR) is 82.8 cm³/mol. The number of hydrazone groups is 1. The van der Waals surface area contributed by atoms with Gasteiger partial charge in [-0.1, -0.05) is 0 Å². The summed E-state index contributed by atoms with van der Waals surface area (Å²) in [5.74, 6) is 1.86. The molecule has 1 heterocycles. The Morgan fingerprint density at radius 3 is 2.19 bits per heavy atom. The van der Waals surface area contributed by atoms with E-state index in [1.165, 1.54) is 0 Å². The number of methoxy groups -OCH3 is 3. The maximum atomic E-state index is 5.44. The van der Waals surface area contributed by atoms with E-state index >= 15 is 0 Å².